The predicted molar refractivity (Wildman–Crippen MR) is 176 cm³/mol. The van der Waals surface area contributed by atoms with E-state index in [2.05, 4.69) is 22.5 Å². The Bertz CT molecular complexity index is 1590. The van der Waals surface area contributed by atoms with Crippen LogP contribution in [0.25, 0.3) is 10.9 Å². The fourth-order valence-corrected chi connectivity index (χ4v) is 6.95. The zero-order valence-electron chi connectivity index (χ0n) is 28.0. The number of benzene rings is 1. The van der Waals surface area contributed by atoms with E-state index in [1.54, 1.807) is 30.0 Å². The smallest absolute Gasteiger partial charge is 0.410 e. The predicted octanol–water partition coefficient (Wildman–Crippen LogP) is 5.47. The van der Waals surface area contributed by atoms with Crippen LogP contribution in [-0.2, 0) is 25.9 Å². The molecule has 2 N–H and O–H groups in total. The Balaban J connectivity index is 1.81. The first kappa shape index (κ1) is 38.0. The molecule has 1 aromatic carbocycles. The van der Waals surface area contributed by atoms with E-state index in [9.17, 15) is 26.4 Å². The van der Waals surface area contributed by atoms with Crippen molar-refractivity contribution in [1.29, 1.82) is 5.26 Å². The Morgan fingerprint density at radius 1 is 1.17 bits per heavy atom. The highest BCUT2D eigenvalue weighted by atomic mass is 32.2. The summed E-state index contributed by atoms with van der Waals surface area (Å²) in [4.78, 5) is 14.1. The average molecular weight is 682 g/mol. The standard InChI is InChI=1S/C33H46F3N5O5S/c1-7-29(32(5,47(6,43)44)15-20-45-21-16-37)38-17-9-10-25-22-26-27(11-8-12-28(26)41(25)23-33(34,35)36)39-24-13-18-40(19-14-24)30(42)46-31(2,3)4/h8,11-12,22,24,29,38-39H,7,13-15,17-21,23H2,1-6H3/t29-,32?/m0/s1. The lowest BCUT2D eigenvalue weighted by molar-refractivity contribution is -0.140. The monoisotopic (exact) mass is 681 g/mol. The van der Waals surface area contributed by atoms with Gasteiger partial charge in [0.25, 0.3) is 0 Å². The quantitative estimate of drug-likeness (QED) is 0.223. The van der Waals surface area contributed by atoms with Crippen LogP contribution in [0.3, 0.4) is 0 Å². The molecule has 0 radical (unpaired) electrons. The summed E-state index contributed by atoms with van der Waals surface area (Å²) in [5.74, 6) is 5.77. The SMILES string of the molecule is CC[C@H](NCC#Cc1cc2c(NC3CCN(C(=O)OC(C)(C)C)CC3)cccc2n1CC(F)(F)F)C(C)(CCOCC#N)S(C)(=O)=O. The summed E-state index contributed by atoms with van der Waals surface area (Å²) in [6, 6.07) is 8.12. The Kier molecular flexibility index (Phi) is 12.6. The third-order valence-corrected chi connectivity index (χ3v) is 10.5. The normalized spacial score (nSPS) is 16.6. The molecule has 1 unspecified atom stereocenters. The number of likely N-dealkylation sites (tertiary alicyclic amines) is 1. The number of nitriles is 1. The zero-order valence-corrected chi connectivity index (χ0v) is 28.8. The molecule has 2 atom stereocenters. The van der Waals surface area contributed by atoms with Gasteiger partial charge in [-0.3, -0.25) is 0 Å². The number of alkyl halides is 3. The molecule has 47 heavy (non-hydrogen) atoms. The number of nitrogens with one attached hydrogen (secondary N) is 2. The number of rotatable bonds is 12. The molecule has 1 aromatic heterocycles. The lowest BCUT2D eigenvalue weighted by atomic mass is 9.95. The maximum absolute atomic E-state index is 13.7. The van der Waals surface area contributed by atoms with Gasteiger partial charge in [0, 0.05) is 49.1 Å². The summed E-state index contributed by atoms with van der Waals surface area (Å²) in [6.07, 6.45) is -1.81. The number of sulfone groups is 1. The van der Waals surface area contributed by atoms with E-state index in [0.717, 1.165) is 10.8 Å². The largest absolute Gasteiger partial charge is 0.444 e. The summed E-state index contributed by atoms with van der Waals surface area (Å²) in [5, 5.41) is 15.9. The average Bonchev–Trinajstić information content (AvgIpc) is 3.30. The van der Waals surface area contributed by atoms with Gasteiger partial charge < -0.3 is 29.6 Å². The van der Waals surface area contributed by atoms with Crippen molar-refractivity contribution in [2.24, 2.45) is 0 Å². The number of halogens is 3. The van der Waals surface area contributed by atoms with Gasteiger partial charge in [0.05, 0.1) is 28.6 Å². The van der Waals surface area contributed by atoms with Crippen molar-refractivity contribution in [1.82, 2.24) is 14.8 Å². The molecular weight excluding hydrogens is 635 g/mol. The maximum atomic E-state index is 13.7. The van der Waals surface area contributed by atoms with Crippen LogP contribution in [0.4, 0.5) is 23.7 Å². The van der Waals surface area contributed by atoms with E-state index >= 15 is 0 Å². The Labute approximate surface area is 275 Å². The molecule has 1 fully saturated rings. The molecule has 1 aliphatic rings. The van der Waals surface area contributed by atoms with Gasteiger partial charge in [-0.1, -0.05) is 18.9 Å². The number of ether oxygens (including phenoxy) is 2. The van der Waals surface area contributed by atoms with Crippen molar-refractivity contribution >= 4 is 32.5 Å². The highest BCUT2D eigenvalue weighted by Gasteiger charge is 2.42. The molecular formula is C33H46F3N5O5S. The summed E-state index contributed by atoms with van der Waals surface area (Å²) in [7, 11) is -3.56. The van der Waals surface area contributed by atoms with E-state index in [1.165, 1.54) is 0 Å². The van der Waals surface area contributed by atoms with E-state index < -0.39 is 38.9 Å². The first-order valence-electron chi connectivity index (χ1n) is 15.7. The second-order valence-electron chi connectivity index (χ2n) is 13.0. The highest BCUT2D eigenvalue weighted by molar-refractivity contribution is 7.92. The van der Waals surface area contributed by atoms with Crippen molar-refractivity contribution in [3.63, 3.8) is 0 Å². The second-order valence-corrected chi connectivity index (χ2v) is 15.5. The van der Waals surface area contributed by atoms with E-state index in [-0.39, 0.29) is 44.0 Å². The number of aromatic nitrogens is 1. The molecule has 260 valence electrons. The van der Waals surface area contributed by atoms with Crippen LogP contribution in [0, 0.1) is 23.2 Å². The second kappa shape index (κ2) is 15.6. The summed E-state index contributed by atoms with van der Waals surface area (Å²) in [6.45, 7) is 8.62. The maximum Gasteiger partial charge on any atom is 0.410 e. The van der Waals surface area contributed by atoms with Gasteiger partial charge in [-0.25, -0.2) is 13.2 Å². The lowest BCUT2D eigenvalue weighted by Gasteiger charge is -2.36. The third kappa shape index (κ3) is 10.5. The molecule has 1 amide bonds. The fourth-order valence-electron chi connectivity index (χ4n) is 5.73. The van der Waals surface area contributed by atoms with Crippen LogP contribution in [0.5, 0.6) is 0 Å². The van der Waals surface area contributed by atoms with Crippen molar-refractivity contribution in [2.45, 2.75) is 95.5 Å². The van der Waals surface area contributed by atoms with Gasteiger partial charge in [0.15, 0.2) is 9.84 Å². The Morgan fingerprint density at radius 3 is 2.43 bits per heavy atom. The molecule has 0 saturated carbocycles. The number of hydrogen-bond donors (Lipinski definition) is 2. The van der Waals surface area contributed by atoms with Crippen molar-refractivity contribution < 1.29 is 35.9 Å². The number of amides is 1. The number of nitrogens with zero attached hydrogens (tertiary/aromatic N) is 3. The minimum atomic E-state index is -4.49. The molecule has 10 nitrogen and oxygen atoms in total. The van der Waals surface area contributed by atoms with Crippen LogP contribution in [0.1, 0.15) is 66.0 Å². The highest BCUT2D eigenvalue weighted by Crippen LogP contribution is 2.32. The van der Waals surface area contributed by atoms with E-state index in [4.69, 9.17) is 14.7 Å². The molecule has 1 aliphatic heterocycles. The van der Waals surface area contributed by atoms with E-state index in [0.29, 0.717) is 48.9 Å². The molecule has 1 saturated heterocycles. The summed E-state index contributed by atoms with van der Waals surface area (Å²) in [5.41, 5.74) is 0.639. The molecule has 0 bridgehead atoms. The first-order chi connectivity index (χ1) is 21.9. The molecule has 3 rings (SSSR count). The van der Waals surface area contributed by atoms with Gasteiger partial charge in [-0.2, -0.15) is 18.4 Å². The van der Waals surface area contributed by atoms with Crippen LogP contribution < -0.4 is 10.6 Å². The van der Waals surface area contributed by atoms with Crippen LogP contribution in [-0.4, -0.2) is 91.7 Å². The van der Waals surface area contributed by atoms with Crippen molar-refractivity contribution in [3.05, 3.63) is 30.0 Å². The molecule has 2 heterocycles. The van der Waals surface area contributed by atoms with Crippen LogP contribution in [0.15, 0.2) is 24.3 Å². The van der Waals surface area contributed by atoms with Gasteiger partial charge in [-0.15, -0.1) is 0 Å². The Morgan fingerprint density at radius 2 is 1.85 bits per heavy atom. The fraction of sp³-hybridized carbons (Fsp3) is 0.636. The number of fused-ring (bicyclic) bond motifs is 1. The number of hydrogen-bond acceptors (Lipinski definition) is 8. The summed E-state index contributed by atoms with van der Waals surface area (Å²) >= 11 is 0. The number of anilines is 1. The van der Waals surface area contributed by atoms with Crippen molar-refractivity contribution in [3.8, 4) is 17.9 Å². The molecule has 0 aliphatic carbocycles. The third-order valence-electron chi connectivity index (χ3n) is 8.34. The number of carbonyl (C=O) groups excluding carboxylic acids is 1. The molecule has 2 aromatic rings. The number of carbonyl (C=O) groups is 1. The van der Waals surface area contributed by atoms with Gasteiger partial charge in [0.1, 0.15) is 18.8 Å². The zero-order chi connectivity index (χ0) is 35.0. The van der Waals surface area contributed by atoms with Gasteiger partial charge in [0.2, 0.25) is 0 Å². The van der Waals surface area contributed by atoms with Crippen LogP contribution in [0.2, 0.25) is 0 Å². The molecule has 0 spiro atoms. The van der Waals surface area contributed by atoms with Gasteiger partial charge in [-0.05, 0) is 77.5 Å². The topological polar surface area (TPSA) is 126 Å². The van der Waals surface area contributed by atoms with Gasteiger partial charge >= 0.3 is 12.3 Å². The minimum absolute atomic E-state index is 0.00409. The van der Waals surface area contributed by atoms with Crippen LogP contribution >= 0.6 is 0 Å². The lowest BCUT2D eigenvalue weighted by Crippen LogP contribution is -2.54. The minimum Gasteiger partial charge on any atom is -0.444 e. The number of piperidine rings is 1. The van der Waals surface area contributed by atoms with E-state index in [1.807, 2.05) is 39.8 Å². The molecule has 14 heteroatoms. The van der Waals surface area contributed by atoms with Crippen molar-refractivity contribution in [2.75, 3.05) is 44.4 Å². The summed E-state index contributed by atoms with van der Waals surface area (Å²) < 4.78 is 77.3. The Hall–Kier alpha value is -3.46. The first-order valence-corrected chi connectivity index (χ1v) is 17.6.